The fourth-order valence-corrected chi connectivity index (χ4v) is 1.73. The van der Waals surface area contributed by atoms with Gasteiger partial charge in [-0.25, -0.2) is 0 Å². The van der Waals surface area contributed by atoms with Crippen molar-refractivity contribution >= 4 is 27.8 Å². The first kappa shape index (κ1) is 10.7. The van der Waals surface area contributed by atoms with E-state index in [-0.39, 0.29) is 11.9 Å². The molecule has 2 aromatic rings. The van der Waals surface area contributed by atoms with Crippen LogP contribution in [-0.4, -0.2) is 26.5 Å². The molecular formula is C9H8BrN5O. The Balaban J connectivity index is 2.21. The number of H-pyrrole nitrogens is 1. The lowest BCUT2D eigenvalue weighted by Crippen LogP contribution is -2.14. The highest BCUT2D eigenvalue weighted by molar-refractivity contribution is 9.08. The number of tetrazole rings is 1. The maximum absolute atomic E-state index is 11.8. The number of aromatic amines is 1. The molecule has 0 aliphatic carbocycles. The topological polar surface area (TPSA) is 83.6 Å². The van der Waals surface area contributed by atoms with Gasteiger partial charge in [0.25, 0.3) is 11.9 Å². The van der Waals surface area contributed by atoms with Crippen LogP contribution in [0.25, 0.3) is 0 Å². The van der Waals surface area contributed by atoms with E-state index >= 15 is 0 Å². The van der Waals surface area contributed by atoms with Crippen molar-refractivity contribution in [2.45, 2.75) is 5.33 Å². The fourth-order valence-electron chi connectivity index (χ4n) is 1.24. The Hall–Kier alpha value is -1.76. The molecule has 0 spiro atoms. The van der Waals surface area contributed by atoms with E-state index in [0.29, 0.717) is 10.9 Å². The molecule has 1 aromatic heterocycles. The molecule has 82 valence electrons. The fraction of sp³-hybridized carbons (Fsp3) is 0.111. The van der Waals surface area contributed by atoms with Crippen molar-refractivity contribution in [2.75, 3.05) is 5.32 Å². The number of halogens is 1. The summed E-state index contributed by atoms with van der Waals surface area (Å²) >= 11 is 3.32. The number of alkyl halides is 1. The average Bonchev–Trinajstić information content (AvgIpc) is 2.81. The Labute approximate surface area is 99.6 Å². The second-order valence-electron chi connectivity index (χ2n) is 2.98. The van der Waals surface area contributed by atoms with Crippen LogP contribution in [-0.2, 0) is 5.33 Å². The molecule has 2 N–H and O–H groups in total. The molecular weight excluding hydrogens is 274 g/mol. The van der Waals surface area contributed by atoms with Crippen molar-refractivity contribution < 1.29 is 4.79 Å². The molecule has 7 heteroatoms. The van der Waals surface area contributed by atoms with Crippen molar-refractivity contribution in [2.24, 2.45) is 0 Å². The van der Waals surface area contributed by atoms with Gasteiger partial charge in [-0.3, -0.25) is 10.1 Å². The molecule has 1 aromatic carbocycles. The lowest BCUT2D eigenvalue weighted by Gasteiger charge is -2.05. The minimum Gasteiger partial charge on any atom is -0.288 e. The Morgan fingerprint density at radius 3 is 2.94 bits per heavy atom. The van der Waals surface area contributed by atoms with Gasteiger partial charge >= 0.3 is 0 Å². The van der Waals surface area contributed by atoms with Crippen LogP contribution in [0.3, 0.4) is 0 Å². The first-order valence-corrected chi connectivity index (χ1v) is 5.62. The van der Waals surface area contributed by atoms with Crippen molar-refractivity contribution in [3.8, 4) is 0 Å². The summed E-state index contributed by atoms with van der Waals surface area (Å²) in [6.07, 6.45) is 0. The Kier molecular flexibility index (Phi) is 3.25. The molecule has 0 saturated carbocycles. The predicted molar refractivity (Wildman–Crippen MR) is 61.2 cm³/mol. The summed E-state index contributed by atoms with van der Waals surface area (Å²) in [6.45, 7) is 0. The molecule has 0 saturated heterocycles. The van der Waals surface area contributed by atoms with E-state index < -0.39 is 0 Å². The van der Waals surface area contributed by atoms with E-state index in [1.165, 1.54) is 0 Å². The second-order valence-corrected chi connectivity index (χ2v) is 3.54. The third kappa shape index (κ3) is 2.25. The van der Waals surface area contributed by atoms with Crippen LogP contribution in [0.5, 0.6) is 0 Å². The van der Waals surface area contributed by atoms with E-state index in [1.54, 1.807) is 12.1 Å². The Morgan fingerprint density at radius 1 is 1.44 bits per heavy atom. The molecule has 0 radical (unpaired) electrons. The van der Waals surface area contributed by atoms with Crippen molar-refractivity contribution in [1.29, 1.82) is 0 Å². The highest BCUT2D eigenvalue weighted by Gasteiger charge is 2.11. The standard InChI is InChI=1S/C9H8BrN5O/c10-5-6-3-1-2-4-7(6)8(16)11-9-12-14-15-13-9/h1-4H,5H2,(H2,11,12,13,14,15,16). The number of hydrogen-bond donors (Lipinski definition) is 2. The minimum atomic E-state index is -0.253. The van der Waals surface area contributed by atoms with E-state index in [4.69, 9.17) is 0 Å². The van der Waals surface area contributed by atoms with Crippen LogP contribution in [0.4, 0.5) is 5.95 Å². The monoisotopic (exact) mass is 281 g/mol. The molecule has 0 fully saturated rings. The average molecular weight is 282 g/mol. The summed E-state index contributed by atoms with van der Waals surface area (Å²) in [6, 6.07) is 7.30. The van der Waals surface area contributed by atoms with Gasteiger partial charge in [-0.1, -0.05) is 39.2 Å². The number of aromatic nitrogens is 4. The normalized spacial score (nSPS) is 10.1. The van der Waals surface area contributed by atoms with Crippen LogP contribution in [0.2, 0.25) is 0 Å². The van der Waals surface area contributed by atoms with Gasteiger partial charge in [0.2, 0.25) is 0 Å². The van der Waals surface area contributed by atoms with E-state index in [2.05, 4.69) is 41.9 Å². The maximum atomic E-state index is 11.8. The molecule has 0 aliphatic heterocycles. The van der Waals surface area contributed by atoms with Crippen LogP contribution < -0.4 is 5.32 Å². The number of carbonyl (C=O) groups excluding carboxylic acids is 1. The third-order valence-electron chi connectivity index (χ3n) is 1.98. The number of amides is 1. The summed E-state index contributed by atoms with van der Waals surface area (Å²) in [5.74, 6) is -0.0918. The van der Waals surface area contributed by atoms with Gasteiger partial charge in [-0.05, 0) is 16.8 Å². The number of nitrogens with zero attached hydrogens (tertiary/aromatic N) is 3. The number of anilines is 1. The van der Waals surface area contributed by atoms with Gasteiger partial charge in [-0.2, -0.15) is 5.21 Å². The molecule has 6 nitrogen and oxygen atoms in total. The van der Waals surface area contributed by atoms with Gasteiger partial charge < -0.3 is 0 Å². The summed E-state index contributed by atoms with van der Waals surface area (Å²) in [5, 5.41) is 16.1. The summed E-state index contributed by atoms with van der Waals surface area (Å²) in [4.78, 5) is 11.8. The van der Waals surface area contributed by atoms with Crippen LogP contribution >= 0.6 is 15.9 Å². The maximum Gasteiger partial charge on any atom is 0.270 e. The molecule has 0 bridgehead atoms. The Morgan fingerprint density at radius 2 is 2.25 bits per heavy atom. The van der Waals surface area contributed by atoms with Gasteiger partial charge in [0.15, 0.2) is 0 Å². The summed E-state index contributed by atoms with van der Waals surface area (Å²) < 4.78 is 0. The molecule has 1 heterocycles. The summed E-state index contributed by atoms with van der Waals surface area (Å²) in [7, 11) is 0. The Bertz CT molecular complexity index is 484. The first-order chi connectivity index (χ1) is 7.81. The van der Waals surface area contributed by atoms with Crippen LogP contribution in [0, 0.1) is 0 Å². The highest BCUT2D eigenvalue weighted by Crippen LogP contribution is 2.13. The SMILES string of the molecule is O=C(Nc1nn[nH]n1)c1ccccc1CBr. The smallest absolute Gasteiger partial charge is 0.270 e. The molecule has 16 heavy (non-hydrogen) atoms. The van der Waals surface area contributed by atoms with Crippen molar-refractivity contribution in [1.82, 2.24) is 20.6 Å². The molecule has 1 amide bonds. The van der Waals surface area contributed by atoms with Gasteiger partial charge in [0.05, 0.1) is 0 Å². The lowest BCUT2D eigenvalue weighted by atomic mass is 10.1. The molecule has 0 unspecified atom stereocenters. The minimum absolute atomic E-state index is 0.161. The number of hydrogen-bond acceptors (Lipinski definition) is 4. The third-order valence-corrected chi connectivity index (χ3v) is 2.58. The predicted octanol–water partition coefficient (Wildman–Crippen LogP) is 1.35. The van der Waals surface area contributed by atoms with Gasteiger partial charge in [0, 0.05) is 10.9 Å². The molecule has 0 aliphatic rings. The zero-order valence-corrected chi connectivity index (χ0v) is 9.73. The highest BCUT2D eigenvalue weighted by atomic mass is 79.9. The van der Waals surface area contributed by atoms with Crippen LogP contribution in [0.15, 0.2) is 24.3 Å². The first-order valence-electron chi connectivity index (χ1n) is 4.50. The van der Waals surface area contributed by atoms with E-state index in [0.717, 1.165) is 5.56 Å². The molecule has 2 rings (SSSR count). The van der Waals surface area contributed by atoms with E-state index in [1.807, 2.05) is 12.1 Å². The van der Waals surface area contributed by atoms with E-state index in [9.17, 15) is 4.79 Å². The largest absolute Gasteiger partial charge is 0.288 e. The van der Waals surface area contributed by atoms with Crippen molar-refractivity contribution in [3.05, 3.63) is 35.4 Å². The number of rotatable bonds is 3. The van der Waals surface area contributed by atoms with Crippen molar-refractivity contribution in [3.63, 3.8) is 0 Å². The zero-order chi connectivity index (χ0) is 11.4. The second kappa shape index (κ2) is 4.84. The lowest BCUT2D eigenvalue weighted by molar-refractivity contribution is 0.102. The zero-order valence-electron chi connectivity index (χ0n) is 8.14. The van der Waals surface area contributed by atoms with Gasteiger partial charge in [0.1, 0.15) is 0 Å². The number of nitrogens with one attached hydrogen (secondary N) is 2. The number of carbonyl (C=O) groups is 1. The number of benzene rings is 1. The molecule has 0 atom stereocenters. The summed E-state index contributed by atoms with van der Waals surface area (Å²) in [5.41, 5.74) is 1.49. The van der Waals surface area contributed by atoms with Crippen LogP contribution in [0.1, 0.15) is 15.9 Å². The quantitative estimate of drug-likeness (QED) is 0.832. The van der Waals surface area contributed by atoms with Gasteiger partial charge in [-0.15, -0.1) is 5.10 Å².